The molecule has 2 aromatic heterocycles. The molecule has 13 heteroatoms. The molecular weight excluding hydrogens is 363 g/mol. The van der Waals surface area contributed by atoms with Crippen LogP contribution >= 0.6 is 20.5 Å². The number of phosphoric acid groups is 1. The van der Waals surface area contributed by atoms with Crippen LogP contribution in [-0.4, -0.2) is 60.7 Å². The Balaban J connectivity index is 2.04. The van der Waals surface area contributed by atoms with Gasteiger partial charge < -0.3 is 19.7 Å². The molecule has 0 aromatic carbocycles. The maximum atomic E-state index is 11.8. The van der Waals surface area contributed by atoms with Gasteiger partial charge in [0.2, 0.25) is 0 Å². The highest BCUT2D eigenvalue weighted by Gasteiger charge is 2.48. The van der Waals surface area contributed by atoms with Gasteiger partial charge in [-0.25, -0.2) is 14.5 Å². The van der Waals surface area contributed by atoms with Crippen LogP contribution in [0.25, 0.3) is 11.2 Å². The quantitative estimate of drug-likeness (QED) is 0.397. The lowest BCUT2D eigenvalue weighted by Gasteiger charge is -2.23. The van der Waals surface area contributed by atoms with Gasteiger partial charge in [-0.2, -0.15) is 12.6 Å². The second kappa shape index (κ2) is 6.56. The molecule has 3 N–H and O–H groups in total. The number of aliphatic hydroxyl groups is 1. The standard InChI is InChI=1S/C11H15N4O7PS/c1-20-23(18,19)22-7-8(24)5(2-16)21-11(7)15-4-14-6-9(15)12-3-13-10(6)17/h3-5,7-8,11,16,24H,2H2,1H3,(H,18,19)(H,12,13,17)/t5-,7-,8-,11-/m1/s1. The first-order valence-electron chi connectivity index (χ1n) is 6.79. The summed E-state index contributed by atoms with van der Waals surface area (Å²) < 4.78 is 28.4. The maximum Gasteiger partial charge on any atom is 0.472 e. The number of H-pyrrole nitrogens is 1. The third-order valence-corrected chi connectivity index (χ3v) is 5.22. The van der Waals surface area contributed by atoms with Crippen LogP contribution in [-0.2, 0) is 18.3 Å². The van der Waals surface area contributed by atoms with Gasteiger partial charge in [0.1, 0.15) is 6.10 Å². The summed E-state index contributed by atoms with van der Waals surface area (Å²) in [6.45, 7) is -0.381. The number of aromatic amines is 1. The van der Waals surface area contributed by atoms with Crippen molar-refractivity contribution in [3.05, 3.63) is 23.0 Å². The van der Waals surface area contributed by atoms with Crippen molar-refractivity contribution in [2.45, 2.75) is 23.7 Å². The Bertz CT molecular complexity index is 841. The number of nitrogens with zero attached hydrogens (tertiary/aromatic N) is 3. The number of imidazole rings is 1. The van der Waals surface area contributed by atoms with Crippen molar-refractivity contribution in [2.75, 3.05) is 13.7 Å². The fraction of sp³-hybridized carbons (Fsp3) is 0.545. The van der Waals surface area contributed by atoms with E-state index in [1.54, 1.807) is 0 Å². The number of nitrogens with one attached hydrogen (secondary N) is 1. The Morgan fingerprint density at radius 2 is 2.29 bits per heavy atom. The molecule has 1 saturated heterocycles. The van der Waals surface area contributed by atoms with Crippen molar-refractivity contribution >= 4 is 31.6 Å². The number of phosphoric ester groups is 1. The third-order valence-electron chi connectivity index (χ3n) is 3.62. The molecule has 3 heterocycles. The number of rotatable bonds is 5. The molecule has 0 bridgehead atoms. The van der Waals surface area contributed by atoms with E-state index in [1.165, 1.54) is 17.2 Å². The second-order valence-corrected chi connectivity index (χ2v) is 7.12. The molecule has 0 saturated carbocycles. The van der Waals surface area contributed by atoms with Crippen LogP contribution in [0.15, 0.2) is 17.4 Å². The molecule has 0 radical (unpaired) electrons. The van der Waals surface area contributed by atoms with Gasteiger partial charge in [-0.3, -0.25) is 18.4 Å². The Morgan fingerprint density at radius 1 is 1.54 bits per heavy atom. The molecule has 0 amide bonds. The summed E-state index contributed by atoms with van der Waals surface area (Å²) in [6.07, 6.45) is -0.316. The summed E-state index contributed by atoms with van der Waals surface area (Å²) in [5, 5.41) is 8.67. The molecule has 0 spiro atoms. The molecule has 24 heavy (non-hydrogen) atoms. The van der Waals surface area contributed by atoms with Crippen molar-refractivity contribution in [3.63, 3.8) is 0 Å². The van der Waals surface area contributed by atoms with Gasteiger partial charge in [-0.15, -0.1) is 0 Å². The average Bonchev–Trinajstić information content (AvgIpc) is 3.10. The predicted octanol–water partition coefficient (Wildman–Crippen LogP) is -0.560. The minimum absolute atomic E-state index is 0.0712. The Morgan fingerprint density at radius 3 is 2.96 bits per heavy atom. The maximum absolute atomic E-state index is 11.8. The van der Waals surface area contributed by atoms with Crippen molar-refractivity contribution < 1.29 is 28.3 Å². The van der Waals surface area contributed by atoms with E-state index in [2.05, 4.69) is 32.1 Å². The highest BCUT2D eigenvalue weighted by atomic mass is 32.1. The monoisotopic (exact) mass is 378 g/mol. The molecule has 11 nitrogen and oxygen atoms in total. The molecule has 2 aromatic rings. The molecule has 132 valence electrons. The predicted molar refractivity (Wildman–Crippen MR) is 83.6 cm³/mol. The van der Waals surface area contributed by atoms with E-state index in [-0.39, 0.29) is 17.8 Å². The first-order chi connectivity index (χ1) is 11.4. The Hall–Kier alpha value is -1.27. The number of ether oxygens (including phenoxy) is 1. The van der Waals surface area contributed by atoms with Crippen LogP contribution in [0.3, 0.4) is 0 Å². The van der Waals surface area contributed by atoms with Crippen LogP contribution in [0.4, 0.5) is 0 Å². The number of aliphatic hydroxyl groups excluding tert-OH is 1. The Labute approximate surface area is 140 Å². The van der Waals surface area contributed by atoms with E-state index in [1.807, 2.05) is 0 Å². The van der Waals surface area contributed by atoms with Gasteiger partial charge in [0.25, 0.3) is 5.56 Å². The van der Waals surface area contributed by atoms with E-state index in [0.717, 1.165) is 7.11 Å². The van der Waals surface area contributed by atoms with Crippen molar-refractivity contribution in [1.82, 2.24) is 19.5 Å². The van der Waals surface area contributed by atoms with Crippen LogP contribution in [0.1, 0.15) is 6.23 Å². The van der Waals surface area contributed by atoms with Gasteiger partial charge in [0.15, 0.2) is 17.4 Å². The minimum Gasteiger partial charge on any atom is -0.394 e. The van der Waals surface area contributed by atoms with E-state index >= 15 is 0 Å². The summed E-state index contributed by atoms with van der Waals surface area (Å²) in [5.74, 6) is 0. The molecule has 1 unspecified atom stereocenters. The summed E-state index contributed by atoms with van der Waals surface area (Å²) in [4.78, 5) is 31.7. The highest BCUT2D eigenvalue weighted by Crippen LogP contribution is 2.49. The number of aromatic nitrogens is 4. The lowest BCUT2D eigenvalue weighted by Crippen LogP contribution is -2.31. The van der Waals surface area contributed by atoms with Crippen LogP contribution in [0, 0.1) is 0 Å². The molecule has 5 atom stereocenters. The minimum atomic E-state index is -4.34. The smallest absolute Gasteiger partial charge is 0.394 e. The van der Waals surface area contributed by atoms with Gasteiger partial charge in [0.05, 0.1) is 30.6 Å². The largest absolute Gasteiger partial charge is 0.472 e. The molecule has 0 aliphatic carbocycles. The second-order valence-electron chi connectivity index (χ2n) is 5.02. The lowest BCUT2D eigenvalue weighted by molar-refractivity contribution is -0.0484. The SMILES string of the molecule is COP(=O)(O)O[C@@H]1[C@H](S)[C@@H](CO)O[C@H]1n1cnc2c(=O)[nH]cnc21. The van der Waals surface area contributed by atoms with E-state index in [4.69, 9.17) is 9.26 Å². The molecule has 1 fully saturated rings. The highest BCUT2D eigenvalue weighted by molar-refractivity contribution is 7.81. The van der Waals surface area contributed by atoms with Gasteiger partial charge in [0, 0.05) is 7.11 Å². The van der Waals surface area contributed by atoms with Crippen LogP contribution < -0.4 is 5.56 Å². The van der Waals surface area contributed by atoms with E-state index in [9.17, 15) is 19.4 Å². The average molecular weight is 378 g/mol. The van der Waals surface area contributed by atoms with E-state index in [0.29, 0.717) is 0 Å². The zero-order valence-corrected chi connectivity index (χ0v) is 14.1. The number of fused-ring (bicyclic) bond motifs is 1. The normalized spacial score (nSPS) is 29.8. The Kier molecular flexibility index (Phi) is 4.80. The molecular formula is C11H15N4O7PS. The van der Waals surface area contributed by atoms with Crippen molar-refractivity contribution in [1.29, 1.82) is 0 Å². The van der Waals surface area contributed by atoms with Crippen LogP contribution in [0.2, 0.25) is 0 Å². The van der Waals surface area contributed by atoms with Gasteiger partial charge in [-0.05, 0) is 0 Å². The number of thiol groups is 1. The van der Waals surface area contributed by atoms with E-state index < -0.39 is 37.1 Å². The molecule has 1 aliphatic rings. The topological polar surface area (TPSA) is 149 Å². The van der Waals surface area contributed by atoms with Gasteiger partial charge in [-0.1, -0.05) is 0 Å². The van der Waals surface area contributed by atoms with Gasteiger partial charge >= 0.3 is 7.82 Å². The molecule has 3 rings (SSSR count). The zero-order valence-electron chi connectivity index (χ0n) is 12.3. The summed E-state index contributed by atoms with van der Waals surface area (Å²) in [5.41, 5.74) is -0.177. The number of hydrogen-bond acceptors (Lipinski definition) is 9. The van der Waals surface area contributed by atoms with Crippen LogP contribution in [0.5, 0.6) is 0 Å². The third kappa shape index (κ3) is 3.02. The summed E-state index contributed by atoms with van der Waals surface area (Å²) in [7, 11) is -3.31. The summed E-state index contributed by atoms with van der Waals surface area (Å²) in [6, 6.07) is 0. The number of hydrogen-bond donors (Lipinski definition) is 4. The van der Waals surface area contributed by atoms with Crippen molar-refractivity contribution in [2.24, 2.45) is 0 Å². The summed E-state index contributed by atoms with van der Waals surface area (Å²) >= 11 is 4.30. The van der Waals surface area contributed by atoms with Crippen molar-refractivity contribution in [3.8, 4) is 0 Å². The molecule has 1 aliphatic heterocycles. The first kappa shape index (κ1) is 17.5. The fourth-order valence-electron chi connectivity index (χ4n) is 2.45. The first-order valence-corrected chi connectivity index (χ1v) is 8.80. The lowest BCUT2D eigenvalue weighted by atomic mass is 10.2. The zero-order chi connectivity index (χ0) is 17.5. The fourth-order valence-corrected chi connectivity index (χ4v) is 3.55.